The molecule has 0 radical (unpaired) electrons. The van der Waals surface area contributed by atoms with Crippen LogP contribution in [0.15, 0.2) is 59.1 Å². The third-order valence-electron chi connectivity index (χ3n) is 4.24. The molecule has 0 aliphatic heterocycles. The van der Waals surface area contributed by atoms with Crippen LogP contribution in [0.3, 0.4) is 0 Å². The van der Waals surface area contributed by atoms with Gasteiger partial charge in [-0.2, -0.15) is 0 Å². The summed E-state index contributed by atoms with van der Waals surface area (Å²) in [7, 11) is 3.21. The van der Waals surface area contributed by atoms with E-state index >= 15 is 0 Å². The van der Waals surface area contributed by atoms with E-state index < -0.39 is 0 Å². The number of benzene rings is 2. The number of methoxy groups -OCH3 is 2. The molecule has 0 aliphatic rings. The summed E-state index contributed by atoms with van der Waals surface area (Å²) in [6.45, 7) is 1.09. The molecule has 2 aromatic carbocycles. The fourth-order valence-corrected chi connectivity index (χ4v) is 2.95. The lowest BCUT2D eigenvalue weighted by Crippen LogP contribution is -2.33. The van der Waals surface area contributed by atoms with Gasteiger partial charge in [0.15, 0.2) is 5.76 Å². The average Bonchev–Trinajstić information content (AvgIpc) is 3.19. The fourth-order valence-electron chi connectivity index (χ4n) is 2.73. The summed E-state index contributed by atoms with van der Waals surface area (Å²) in [5, 5.41) is 4.52. The molecule has 146 valence electrons. The van der Waals surface area contributed by atoms with E-state index in [1.807, 2.05) is 30.3 Å². The number of nitrogens with zero attached hydrogens (tertiary/aromatic N) is 2. The number of ether oxygens (including phenoxy) is 2. The quantitative estimate of drug-likeness (QED) is 0.564. The van der Waals surface area contributed by atoms with Gasteiger partial charge in [0, 0.05) is 25.3 Å². The van der Waals surface area contributed by atoms with E-state index in [0.717, 1.165) is 11.3 Å². The van der Waals surface area contributed by atoms with Gasteiger partial charge in [-0.05, 0) is 36.4 Å². The minimum atomic E-state index is -0.184. The van der Waals surface area contributed by atoms with Crippen molar-refractivity contribution in [3.05, 3.63) is 70.9 Å². The van der Waals surface area contributed by atoms with E-state index in [9.17, 15) is 4.79 Å². The Hall–Kier alpha value is -2.83. The van der Waals surface area contributed by atoms with Gasteiger partial charge in [-0.3, -0.25) is 4.79 Å². The third-order valence-corrected chi connectivity index (χ3v) is 4.57. The van der Waals surface area contributed by atoms with Gasteiger partial charge in [-0.1, -0.05) is 28.9 Å². The molecule has 3 rings (SSSR count). The van der Waals surface area contributed by atoms with E-state index in [0.29, 0.717) is 35.2 Å². The van der Waals surface area contributed by atoms with Gasteiger partial charge in [0.25, 0.3) is 5.91 Å². The van der Waals surface area contributed by atoms with Crippen molar-refractivity contribution in [3.63, 3.8) is 0 Å². The second-order valence-electron chi connectivity index (χ2n) is 6.11. The average molecular weight is 401 g/mol. The molecule has 0 unspecified atom stereocenters. The zero-order valence-corrected chi connectivity index (χ0v) is 16.5. The molecular formula is C21H21ClN2O4. The molecule has 0 N–H and O–H groups in total. The summed E-state index contributed by atoms with van der Waals surface area (Å²) in [5.74, 6) is 1.20. The minimum absolute atomic E-state index is 0.184. The molecule has 0 saturated carbocycles. The van der Waals surface area contributed by atoms with Crippen molar-refractivity contribution >= 4 is 17.5 Å². The summed E-state index contributed by atoms with van der Waals surface area (Å²) in [4.78, 5) is 14.6. The van der Waals surface area contributed by atoms with E-state index in [4.69, 9.17) is 25.6 Å². The predicted molar refractivity (Wildman–Crippen MR) is 107 cm³/mol. The Kier molecular flexibility index (Phi) is 6.68. The third kappa shape index (κ3) is 4.71. The Morgan fingerprint density at radius 2 is 1.89 bits per heavy atom. The van der Waals surface area contributed by atoms with Crippen LogP contribution in [-0.2, 0) is 11.3 Å². The van der Waals surface area contributed by atoms with Crippen molar-refractivity contribution in [2.75, 3.05) is 27.4 Å². The number of carbonyl (C=O) groups is 1. The van der Waals surface area contributed by atoms with Gasteiger partial charge in [-0.25, -0.2) is 0 Å². The Balaban J connectivity index is 1.78. The zero-order chi connectivity index (χ0) is 19.9. The Morgan fingerprint density at radius 1 is 1.14 bits per heavy atom. The number of halogens is 1. The lowest BCUT2D eigenvalue weighted by Gasteiger charge is -2.21. The van der Waals surface area contributed by atoms with Crippen LogP contribution >= 0.6 is 11.6 Å². The number of carbonyl (C=O) groups excluding carboxylic acids is 1. The molecule has 3 aromatic rings. The summed E-state index contributed by atoms with van der Waals surface area (Å²) in [6, 6.07) is 16.3. The van der Waals surface area contributed by atoms with Crippen molar-refractivity contribution in [2.24, 2.45) is 0 Å². The highest BCUT2D eigenvalue weighted by Crippen LogP contribution is 2.24. The SMILES string of the molecule is COCCN(Cc1cc(-c2ccc(OC)cc2)on1)C(=O)c1ccccc1Cl. The molecule has 0 saturated heterocycles. The monoisotopic (exact) mass is 400 g/mol. The molecule has 6 nitrogen and oxygen atoms in total. The van der Waals surface area contributed by atoms with Crippen LogP contribution in [0.2, 0.25) is 5.02 Å². The van der Waals surface area contributed by atoms with Crippen LogP contribution in [-0.4, -0.2) is 43.3 Å². The molecule has 1 heterocycles. The van der Waals surface area contributed by atoms with Crippen molar-refractivity contribution in [1.82, 2.24) is 10.1 Å². The first-order valence-electron chi connectivity index (χ1n) is 8.75. The van der Waals surface area contributed by atoms with E-state index in [1.54, 1.807) is 43.4 Å². The second-order valence-corrected chi connectivity index (χ2v) is 6.52. The van der Waals surface area contributed by atoms with Gasteiger partial charge in [0.1, 0.15) is 11.4 Å². The largest absolute Gasteiger partial charge is 0.497 e. The molecule has 1 aromatic heterocycles. The molecule has 0 atom stereocenters. The highest BCUT2D eigenvalue weighted by atomic mass is 35.5. The van der Waals surface area contributed by atoms with Crippen LogP contribution in [0.25, 0.3) is 11.3 Å². The molecule has 28 heavy (non-hydrogen) atoms. The minimum Gasteiger partial charge on any atom is -0.497 e. The maximum Gasteiger partial charge on any atom is 0.255 e. The van der Waals surface area contributed by atoms with Crippen molar-refractivity contribution in [1.29, 1.82) is 0 Å². The maximum absolute atomic E-state index is 12.9. The van der Waals surface area contributed by atoms with Crippen LogP contribution in [0.1, 0.15) is 16.1 Å². The molecule has 0 aliphatic carbocycles. The van der Waals surface area contributed by atoms with Crippen LogP contribution in [0, 0.1) is 0 Å². The topological polar surface area (TPSA) is 64.8 Å². The first-order chi connectivity index (χ1) is 13.6. The lowest BCUT2D eigenvalue weighted by molar-refractivity contribution is 0.0676. The summed E-state index contributed by atoms with van der Waals surface area (Å²) < 4.78 is 15.8. The van der Waals surface area contributed by atoms with Crippen LogP contribution in [0.5, 0.6) is 5.75 Å². The first-order valence-corrected chi connectivity index (χ1v) is 9.13. The number of aromatic nitrogens is 1. The van der Waals surface area contributed by atoms with Gasteiger partial charge >= 0.3 is 0 Å². The predicted octanol–water partition coefficient (Wildman–Crippen LogP) is 4.29. The fraction of sp³-hybridized carbons (Fsp3) is 0.238. The molecule has 0 fully saturated rings. The van der Waals surface area contributed by atoms with E-state index in [1.165, 1.54) is 0 Å². The van der Waals surface area contributed by atoms with Gasteiger partial charge < -0.3 is 18.9 Å². The molecule has 0 spiro atoms. The number of hydrogen-bond acceptors (Lipinski definition) is 5. The van der Waals surface area contributed by atoms with Gasteiger partial charge in [0.2, 0.25) is 0 Å². The van der Waals surface area contributed by atoms with Gasteiger partial charge in [0.05, 0.1) is 30.8 Å². The second kappa shape index (κ2) is 9.39. The molecule has 0 bridgehead atoms. The Bertz CT molecular complexity index is 924. The van der Waals surface area contributed by atoms with Gasteiger partial charge in [-0.15, -0.1) is 0 Å². The van der Waals surface area contributed by atoms with Crippen molar-refractivity contribution in [3.8, 4) is 17.1 Å². The molecular weight excluding hydrogens is 380 g/mol. The van der Waals surface area contributed by atoms with Crippen molar-refractivity contribution < 1.29 is 18.8 Å². The molecule has 1 amide bonds. The van der Waals surface area contributed by atoms with Crippen molar-refractivity contribution in [2.45, 2.75) is 6.54 Å². The smallest absolute Gasteiger partial charge is 0.255 e. The summed E-state index contributed by atoms with van der Waals surface area (Å²) in [6.07, 6.45) is 0. The van der Waals surface area contributed by atoms with Crippen LogP contribution in [0.4, 0.5) is 0 Å². The highest BCUT2D eigenvalue weighted by Gasteiger charge is 2.20. The summed E-state index contributed by atoms with van der Waals surface area (Å²) in [5.41, 5.74) is 1.96. The molecule has 7 heteroatoms. The Morgan fingerprint density at radius 3 is 2.57 bits per heavy atom. The van der Waals surface area contributed by atoms with E-state index in [-0.39, 0.29) is 12.5 Å². The normalized spacial score (nSPS) is 10.7. The first kappa shape index (κ1) is 19.9. The zero-order valence-electron chi connectivity index (χ0n) is 15.7. The summed E-state index contributed by atoms with van der Waals surface area (Å²) >= 11 is 6.19. The standard InChI is InChI=1S/C21H21ClN2O4/c1-26-12-11-24(21(25)18-5-3-4-6-19(18)22)14-16-13-20(28-23-16)15-7-9-17(27-2)10-8-15/h3-10,13H,11-12,14H2,1-2H3. The number of hydrogen-bond donors (Lipinski definition) is 0. The highest BCUT2D eigenvalue weighted by molar-refractivity contribution is 6.33. The lowest BCUT2D eigenvalue weighted by atomic mass is 10.1. The van der Waals surface area contributed by atoms with Crippen LogP contribution < -0.4 is 4.74 Å². The number of rotatable bonds is 8. The number of amides is 1. The van der Waals surface area contributed by atoms with E-state index in [2.05, 4.69) is 5.16 Å². The Labute approximate surface area is 168 Å². The maximum atomic E-state index is 12.9.